The Labute approximate surface area is 149 Å². The standard InChI is InChI=1S/C17H26N2O5S/c1-18(15-9-4-5-10-16(15)20)17(21)12-19(25(3,22)23)13-7-6-8-14(11-13)24-2/h6-8,11,15-16,20H,4-5,9-10,12H2,1-3H3. The van der Waals surface area contributed by atoms with E-state index in [1.54, 1.807) is 31.3 Å². The molecule has 0 aliphatic heterocycles. The number of amides is 1. The Bertz CT molecular complexity index is 707. The third-order valence-electron chi connectivity index (χ3n) is 4.61. The molecule has 2 atom stereocenters. The maximum Gasteiger partial charge on any atom is 0.243 e. The molecule has 25 heavy (non-hydrogen) atoms. The predicted octanol–water partition coefficient (Wildman–Crippen LogP) is 1.22. The van der Waals surface area contributed by atoms with Gasteiger partial charge in [0.05, 0.1) is 31.2 Å². The molecule has 1 aromatic carbocycles. The van der Waals surface area contributed by atoms with Crippen LogP contribution in [0.25, 0.3) is 0 Å². The van der Waals surface area contributed by atoms with Gasteiger partial charge in [-0.2, -0.15) is 0 Å². The Kier molecular flexibility index (Phi) is 6.29. The van der Waals surface area contributed by atoms with Crippen molar-refractivity contribution >= 4 is 21.6 Å². The Morgan fingerprint density at radius 3 is 2.60 bits per heavy atom. The lowest BCUT2D eigenvalue weighted by Crippen LogP contribution is -2.50. The van der Waals surface area contributed by atoms with Gasteiger partial charge >= 0.3 is 0 Å². The molecule has 1 aromatic rings. The third kappa shape index (κ3) is 4.85. The second-order valence-electron chi connectivity index (χ2n) is 6.39. The van der Waals surface area contributed by atoms with E-state index in [0.717, 1.165) is 29.8 Å². The SMILES string of the molecule is COc1cccc(N(CC(=O)N(C)C2CCCCC2O)S(C)(=O)=O)c1. The van der Waals surface area contributed by atoms with Crippen LogP contribution in [0.3, 0.4) is 0 Å². The highest BCUT2D eigenvalue weighted by Crippen LogP contribution is 2.25. The van der Waals surface area contributed by atoms with E-state index in [1.165, 1.54) is 12.0 Å². The topological polar surface area (TPSA) is 87.2 Å². The Morgan fingerprint density at radius 1 is 1.32 bits per heavy atom. The lowest BCUT2D eigenvalue weighted by atomic mass is 9.91. The maximum absolute atomic E-state index is 12.7. The molecule has 1 aliphatic rings. The van der Waals surface area contributed by atoms with E-state index in [2.05, 4.69) is 0 Å². The molecule has 140 valence electrons. The van der Waals surface area contributed by atoms with Crippen LogP contribution in [-0.4, -0.2) is 63.4 Å². The summed E-state index contributed by atoms with van der Waals surface area (Å²) in [6, 6.07) is 6.30. The first-order chi connectivity index (χ1) is 11.7. The summed E-state index contributed by atoms with van der Waals surface area (Å²) >= 11 is 0. The number of rotatable bonds is 6. The van der Waals surface area contributed by atoms with Gasteiger partial charge in [-0.15, -0.1) is 0 Å². The van der Waals surface area contributed by atoms with Crippen molar-refractivity contribution in [1.29, 1.82) is 0 Å². The molecule has 8 heteroatoms. The van der Waals surface area contributed by atoms with Gasteiger partial charge in [0.25, 0.3) is 0 Å². The number of hydrogen-bond donors (Lipinski definition) is 1. The van der Waals surface area contributed by atoms with Crippen LogP contribution < -0.4 is 9.04 Å². The van der Waals surface area contributed by atoms with Gasteiger partial charge < -0.3 is 14.7 Å². The third-order valence-corrected chi connectivity index (χ3v) is 5.75. The van der Waals surface area contributed by atoms with Gasteiger partial charge in [-0.25, -0.2) is 8.42 Å². The van der Waals surface area contributed by atoms with Crippen LogP contribution in [0.5, 0.6) is 5.75 Å². The first-order valence-electron chi connectivity index (χ1n) is 8.29. The van der Waals surface area contributed by atoms with Crippen molar-refractivity contribution in [2.24, 2.45) is 0 Å². The number of methoxy groups -OCH3 is 1. The van der Waals surface area contributed by atoms with E-state index in [-0.39, 0.29) is 18.5 Å². The smallest absolute Gasteiger partial charge is 0.243 e. The van der Waals surface area contributed by atoms with Crippen LogP contribution in [0.2, 0.25) is 0 Å². The van der Waals surface area contributed by atoms with Crippen molar-refractivity contribution in [3.63, 3.8) is 0 Å². The summed E-state index contributed by atoms with van der Waals surface area (Å²) in [6.07, 6.45) is 3.78. The lowest BCUT2D eigenvalue weighted by molar-refractivity contribution is -0.133. The average Bonchev–Trinajstić information content (AvgIpc) is 2.58. The number of carbonyl (C=O) groups excluding carboxylic acids is 1. The monoisotopic (exact) mass is 370 g/mol. The molecule has 1 fully saturated rings. The van der Waals surface area contributed by atoms with Crippen LogP contribution in [-0.2, 0) is 14.8 Å². The predicted molar refractivity (Wildman–Crippen MR) is 96.2 cm³/mol. The first-order valence-corrected chi connectivity index (χ1v) is 10.1. The molecule has 1 aliphatic carbocycles. The zero-order valence-electron chi connectivity index (χ0n) is 14.9. The van der Waals surface area contributed by atoms with E-state index in [1.807, 2.05) is 0 Å². The van der Waals surface area contributed by atoms with Crippen molar-refractivity contribution in [2.45, 2.75) is 37.8 Å². The number of anilines is 1. The number of benzene rings is 1. The normalized spacial score (nSPS) is 20.8. The quantitative estimate of drug-likeness (QED) is 0.814. The summed E-state index contributed by atoms with van der Waals surface area (Å²) in [5.41, 5.74) is 0.368. The Morgan fingerprint density at radius 2 is 2.00 bits per heavy atom. The summed E-state index contributed by atoms with van der Waals surface area (Å²) in [7, 11) is -0.536. The highest BCUT2D eigenvalue weighted by atomic mass is 32.2. The van der Waals surface area contributed by atoms with Gasteiger partial charge in [0, 0.05) is 13.1 Å². The minimum Gasteiger partial charge on any atom is -0.497 e. The number of ether oxygens (including phenoxy) is 1. The average molecular weight is 370 g/mol. The number of hydrogen-bond acceptors (Lipinski definition) is 5. The van der Waals surface area contributed by atoms with E-state index >= 15 is 0 Å². The van der Waals surface area contributed by atoms with Gasteiger partial charge in [0.1, 0.15) is 12.3 Å². The molecule has 1 N–H and O–H groups in total. The number of aliphatic hydroxyl groups is 1. The molecule has 0 aromatic heterocycles. The van der Waals surface area contributed by atoms with E-state index in [4.69, 9.17) is 4.74 Å². The molecule has 0 radical (unpaired) electrons. The fourth-order valence-corrected chi connectivity index (χ4v) is 3.97. The zero-order chi connectivity index (χ0) is 18.6. The number of carbonyl (C=O) groups is 1. The summed E-state index contributed by atoms with van der Waals surface area (Å²) in [5.74, 6) is 0.161. The zero-order valence-corrected chi connectivity index (χ0v) is 15.7. The molecular weight excluding hydrogens is 344 g/mol. The Hall–Kier alpha value is -1.80. The van der Waals surface area contributed by atoms with Gasteiger partial charge in [0.15, 0.2) is 0 Å². The fourth-order valence-electron chi connectivity index (χ4n) is 3.13. The van der Waals surface area contributed by atoms with Gasteiger partial charge in [-0.3, -0.25) is 9.10 Å². The van der Waals surface area contributed by atoms with Crippen molar-refractivity contribution in [3.8, 4) is 5.75 Å². The molecule has 0 saturated heterocycles. The molecule has 1 saturated carbocycles. The fraction of sp³-hybridized carbons (Fsp3) is 0.588. The van der Waals surface area contributed by atoms with Gasteiger partial charge in [-0.1, -0.05) is 18.9 Å². The summed E-state index contributed by atoms with van der Waals surface area (Å²) < 4.78 is 30.6. The van der Waals surface area contributed by atoms with Gasteiger partial charge in [0.2, 0.25) is 15.9 Å². The molecule has 7 nitrogen and oxygen atoms in total. The van der Waals surface area contributed by atoms with Crippen LogP contribution in [0, 0.1) is 0 Å². The maximum atomic E-state index is 12.7. The number of aliphatic hydroxyl groups excluding tert-OH is 1. The molecular formula is C17H26N2O5S. The second-order valence-corrected chi connectivity index (χ2v) is 8.30. The lowest BCUT2D eigenvalue weighted by Gasteiger charge is -2.36. The molecule has 0 bridgehead atoms. The highest BCUT2D eigenvalue weighted by Gasteiger charge is 2.31. The second kappa shape index (κ2) is 8.05. The number of nitrogens with zero attached hydrogens (tertiary/aromatic N) is 2. The van der Waals surface area contributed by atoms with Gasteiger partial charge in [-0.05, 0) is 25.0 Å². The van der Waals surface area contributed by atoms with E-state index in [0.29, 0.717) is 17.9 Å². The molecule has 2 rings (SSSR count). The van der Waals surface area contributed by atoms with Crippen molar-refractivity contribution in [2.75, 3.05) is 31.3 Å². The van der Waals surface area contributed by atoms with Crippen molar-refractivity contribution in [1.82, 2.24) is 4.90 Å². The minimum absolute atomic E-state index is 0.270. The first kappa shape index (κ1) is 19.5. The number of likely N-dealkylation sites (N-methyl/N-ethyl adjacent to an activating group) is 1. The summed E-state index contributed by atoms with van der Waals surface area (Å²) in [4.78, 5) is 14.1. The van der Waals surface area contributed by atoms with E-state index in [9.17, 15) is 18.3 Å². The Balaban J connectivity index is 2.20. The van der Waals surface area contributed by atoms with Crippen LogP contribution in [0.1, 0.15) is 25.7 Å². The van der Waals surface area contributed by atoms with Crippen LogP contribution >= 0.6 is 0 Å². The van der Waals surface area contributed by atoms with E-state index < -0.39 is 16.1 Å². The van der Waals surface area contributed by atoms with Crippen LogP contribution in [0.4, 0.5) is 5.69 Å². The minimum atomic E-state index is -3.65. The molecule has 0 heterocycles. The van der Waals surface area contributed by atoms with Crippen molar-refractivity contribution in [3.05, 3.63) is 24.3 Å². The highest BCUT2D eigenvalue weighted by molar-refractivity contribution is 7.92. The molecule has 1 amide bonds. The molecule has 2 unspecified atom stereocenters. The summed E-state index contributed by atoms with van der Waals surface area (Å²) in [5, 5.41) is 10.1. The largest absolute Gasteiger partial charge is 0.497 e. The summed E-state index contributed by atoms with van der Waals surface area (Å²) in [6.45, 7) is -0.314. The molecule has 0 spiro atoms. The number of sulfonamides is 1. The van der Waals surface area contributed by atoms with Crippen molar-refractivity contribution < 1.29 is 23.1 Å². The van der Waals surface area contributed by atoms with Crippen LogP contribution in [0.15, 0.2) is 24.3 Å².